The fraction of sp³-hybridized carbons (Fsp3) is 0.360. The van der Waals surface area contributed by atoms with E-state index in [1.54, 1.807) is 6.20 Å². The highest BCUT2D eigenvalue weighted by atomic mass is 16.2. The van der Waals surface area contributed by atoms with Crippen LogP contribution in [0.15, 0.2) is 48.7 Å². The number of nitrogens with zero attached hydrogens (tertiary/aromatic N) is 4. The summed E-state index contributed by atoms with van der Waals surface area (Å²) >= 11 is 0. The van der Waals surface area contributed by atoms with Crippen molar-refractivity contribution in [3.05, 3.63) is 76.7 Å². The molecule has 0 aliphatic carbocycles. The van der Waals surface area contributed by atoms with Crippen LogP contribution >= 0.6 is 0 Å². The number of aromatic nitrogens is 3. The molecule has 0 spiro atoms. The molecule has 1 saturated heterocycles. The molecule has 7 heteroatoms. The Labute approximate surface area is 188 Å². The normalized spacial score (nSPS) is 14.4. The number of rotatable bonds is 5. The lowest BCUT2D eigenvalue weighted by Gasteiger charge is -2.31. The van der Waals surface area contributed by atoms with E-state index in [0.717, 1.165) is 22.5 Å². The molecule has 2 aromatic heterocycles. The quantitative estimate of drug-likeness (QED) is 0.667. The minimum Gasteiger partial charge on any atom is -0.339 e. The highest BCUT2D eigenvalue weighted by Crippen LogP contribution is 2.21. The van der Waals surface area contributed by atoms with E-state index in [9.17, 15) is 9.59 Å². The Kier molecular flexibility index (Phi) is 6.35. The summed E-state index contributed by atoms with van der Waals surface area (Å²) in [6.07, 6.45) is 2.98. The van der Waals surface area contributed by atoms with E-state index in [4.69, 9.17) is 0 Å². The van der Waals surface area contributed by atoms with Gasteiger partial charge in [-0.25, -0.2) is 4.98 Å². The summed E-state index contributed by atoms with van der Waals surface area (Å²) in [4.78, 5) is 31.7. The summed E-state index contributed by atoms with van der Waals surface area (Å²) in [6, 6.07) is 13.5. The van der Waals surface area contributed by atoms with Gasteiger partial charge < -0.3 is 10.2 Å². The standard InChI is InChI=1S/C25H29N5O2/c1-17-7-10-26-23(13-17)27-24(31)21-8-11-29(12-9-21)25(32)22-6-4-5-20(15-22)16-30-19(3)14-18(2)28-30/h4-7,10,13-15,21H,8-9,11-12,16H2,1-3H3,(H,26,27,31). The van der Waals surface area contributed by atoms with Gasteiger partial charge in [-0.15, -0.1) is 0 Å². The van der Waals surface area contributed by atoms with Crippen molar-refractivity contribution in [3.8, 4) is 0 Å². The van der Waals surface area contributed by atoms with Gasteiger partial charge in [0.1, 0.15) is 5.82 Å². The number of carbonyl (C=O) groups excluding carboxylic acids is 2. The second kappa shape index (κ2) is 9.34. The van der Waals surface area contributed by atoms with Gasteiger partial charge in [0.05, 0.1) is 12.2 Å². The first-order chi connectivity index (χ1) is 15.4. The van der Waals surface area contributed by atoms with E-state index in [1.807, 2.05) is 72.8 Å². The summed E-state index contributed by atoms with van der Waals surface area (Å²) in [7, 11) is 0. The zero-order chi connectivity index (χ0) is 22.7. The van der Waals surface area contributed by atoms with E-state index >= 15 is 0 Å². The first-order valence-electron chi connectivity index (χ1n) is 11.0. The zero-order valence-electron chi connectivity index (χ0n) is 18.8. The van der Waals surface area contributed by atoms with Crippen molar-refractivity contribution in [2.24, 2.45) is 5.92 Å². The average Bonchev–Trinajstić information content (AvgIpc) is 3.10. The van der Waals surface area contributed by atoms with Crippen LogP contribution in [0.1, 0.15) is 45.7 Å². The molecule has 3 heterocycles. The number of pyridine rings is 1. The molecule has 32 heavy (non-hydrogen) atoms. The van der Waals surface area contributed by atoms with Gasteiger partial charge >= 0.3 is 0 Å². The molecular weight excluding hydrogens is 402 g/mol. The van der Waals surface area contributed by atoms with Crippen LogP contribution in [0.4, 0.5) is 5.82 Å². The molecule has 7 nitrogen and oxygen atoms in total. The van der Waals surface area contributed by atoms with Crippen LogP contribution in [0, 0.1) is 26.7 Å². The Hall–Kier alpha value is -3.48. The summed E-state index contributed by atoms with van der Waals surface area (Å²) in [5.41, 5.74) is 4.86. The molecular formula is C25H29N5O2. The number of anilines is 1. The number of hydrogen-bond donors (Lipinski definition) is 1. The molecule has 4 rings (SSSR count). The van der Waals surface area contributed by atoms with Gasteiger partial charge in [0.25, 0.3) is 5.91 Å². The highest BCUT2D eigenvalue weighted by molar-refractivity contribution is 5.95. The van der Waals surface area contributed by atoms with Crippen molar-refractivity contribution < 1.29 is 9.59 Å². The minimum absolute atomic E-state index is 0.0134. The van der Waals surface area contributed by atoms with Crippen LogP contribution in [-0.2, 0) is 11.3 Å². The number of aryl methyl sites for hydroxylation is 3. The molecule has 1 fully saturated rings. The van der Waals surface area contributed by atoms with Gasteiger partial charge in [-0.05, 0) is 75.1 Å². The van der Waals surface area contributed by atoms with E-state index in [0.29, 0.717) is 43.9 Å². The van der Waals surface area contributed by atoms with Gasteiger partial charge in [0.15, 0.2) is 0 Å². The van der Waals surface area contributed by atoms with Crippen LogP contribution in [0.3, 0.4) is 0 Å². The number of likely N-dealkylation sites (tertiary alicyclic amines) is 1. The SMILES string of the molecule is Cc1ccnc(NC(=O)C2CCN(C(=O)c3cccc(Cn4nc(C)cc4C)c3)CC2)c1. The van der Waals surface area contributed by atoms with Crippen molar-refractivity contribution in [1.29, 1.82) is 0 Å². The first-order valence-corrected chi connectivity index (χ1v) is 11.0. The van der Waals surface area contributed by atoms with E-state index in [2.05, 4.69) is 15.4 Å². The van der Waals surface area contributed by atoms with E-state index in [-0.39, 0.29) is 17.7 Å². The fourth-order valence-corrected chi connectivity index (χ4v) is 4.17. The van der Waals surface area contributed by atoms with Crippen molar-refractivity contribution in [2.75, 3.05) is 18.4 Å². The van der Waals surface area contributed by atoms with Gasteiger partial charge in [-0.3, -0.25) is 14.3 Å². The molecule has 0 unspecified atom stereocenters. The second-order valence-electron chi connectivity index (χ2n) is 8.56. The second-order valence-corrected chi connectivity index (χ2v) is 8.56. The Morgan fingerprint density at radius 1 is 1.06 bits per heavy atom. The number of carbonyl (C=O) groups is 2. The lowest BCUT2D eigenvalue weighted by molar-refractivity contribution is -0.121. The lowest BCUT2D eigenvalue weighted by Crippen LogP contribution is -2.41. The van der Waals surface area contributed by atoms with Gasteiger partial charge in [0, 0.05) is 36.5 Å². The zero-order valence-corrected chi connectivity index (χ0v) is 18.8. The number of amides is 2. The van der Waals surface area contributed by atoms with Crippen LogP contribution in [0.2, 0.25) is 0 Å². The molecule has 0 atom stereocenters. The summed E-state index contributed by atoms with van der Waals surface area (Å²) < 4.78 is 1.95. The maximum absolute atomic E-state index is 13.1. The predicted octanol–water partition coefficient (Wildman–Crippen LogP) is 3.74. The Morgan fingerprint density at radius 3 is 2.53 bits per heavy atom. The Morgan fingerprint density at radius 2 is 1.84 bits per heavy atom. The van der Waals surface area contributed by atoms with Gasteiger partial charge in [0.2, 0.25) is 5.91 Å². The molecule has 0 bridgehead atoms. The number of hydrogen-bond acceptors (Lipinski definition) is 4. The number of benzene rings is 1. The molecule has 1 aliphatic heterocycles. The molecule has 1 aliphatic rings. The molecule has 2 amide bonds. The van der Waals surface area contributed by atoms with Crippen LogP contribution in [0.5, 0.6) is 0 Å². The summed E-state index contributed by atoms with van der Waals surface area (Å²) in [5, 5.41) is 7.41. The number of nitrogens with one attached hydrogen (secondary N) is 1. The van der Waals surface area contributed by atoms with Crippen LogP contribution in [0.25, 0.3) is 0 Å². The molecule has 1 N–H and O–H groups in total. The molecule has 1 aromatic carbocycles. The predicted molar refractivity (Wildman–Crippen MR) is 123 cm³/mol. The summed E-state index contributed by atoms with van der Waals surface area (Å²) in [5.74, 6) is 0.452. The maximum atomic E-state index is 13.1. The third kappa shape index (κ3) is 5.04. The minimum atomic E-state index is -0.112. The fourth-order valence-electron chi connectivity index (χ4n) is 4.17. The molecule has 166 valence electrons. The molecule has 0 radical (unpaired) electrons. The van der Waals surface area contributed by atoms with Gasteiger partial charge in [-0.2, -0.15) is 5.10 Å². The smallest absolute Gasteiger partial charge is 0.253 e. The molecule has 0 saturated carbocycles. The Balaban J connectivity index is 1.35. The topological polar surface area (TPSA) is 80.1 Å². The monoisotopic (exact) mass is 431 g/mol. The van der Waals surface area contributed by atoms with Crippen LogP contribution < -0.4 is 5.32 Å². The van der Waals surface area contributed by atoms with E-state index in [1.165, 1.54) is 0 Å². The van der Waals surface area contributed by atoms with Crippen molar-refractivity contribution >= 4 is 17.6 Å². The third-order valence-corrected chi connectivity index (χ3v) is 5.93. The largest absolute Gasteiger partial charge is 0.339 e. The van der Waals surface area contributed by atoms with Crippen molar-refractivity contribution in [2.45, 2.75) is 40.2 Å². The highest BCUT2D eigenvalue weighted by Gasteiger charge is 2.28. The van der Waals surface area contributed by atoms with Crippen molar-refractivity contribution in [1.82, 2.24) is 19.7 Å². The van der Waals surface area contributed by atoms with Crippen molar-refractivity contribution in [3.63, 3.8) is 0 Å². The summed E-state index contributed by atoms with van der Waals surface area (Å²) in [6.45, 7) is 7.75. The average molecular weight is 432 g/mol. The van der Waals surface area contributed by atoms with Crippen LogP contribution in [-0.4, -0.2) is 44.6 Å². The number of piperidine rings is 1. The van der Waals surface area contributed by atoms with E-state index < -0.39 is 0 Å². The third-order valence-electron chi connectivity index (χ3n) is 5.93. The Bertz CT molecular complexity index is 1130. The first kappa shape index (κ1) is 21.7. The lowest BCUT2D eigenvalue weighted by atomic mass is 9.95. The molecule has 3 aromatic rings. The maximum Gasteiger partial charge on any atom is 0.253 e. The van der Waals surface area contributed by atoms with Gasteiger partial charge in [-0.1, -0.05) is 12.1 Å².